The lowest BCUT2D eigenvalue weighted by atomic mass is 10.2. The fourth-order valence-corrected chi connectivity index (χ4v) is 2.23. The molecule has 24 heavy (non-hydrogen) atoms. The van der Waals surface area contributed by atoms with E-state index in [4.69, 9.17) is 27.9 Å². The molecular formula is C16H13Cl2F2NO3. The number of hydrogen-bond acceptors (Lipinski definition) is 3. The van der Waals surface area contributed by atoms with Gasteiger partial charge in [0.25, 0.3) is 5.91 Å². The average molecular weight is 376 g/mol. The van der Waals surface area contributed by atoms with Crippen molar-refractivity contribution in [3.8, 4) is 11.5 Å². The summed E-state index contributed by atoms with van der Waals surface area (Å²) in [6.07, 6.45) is -0.833. The van der Waals surface area contributed by atoms with Gasteiger partial charge in [-0.3, -0.25) is 4.79 Å². The Labute approximate surface area is 147 Å². The van der Waals surface area contributed by atoms with Gasteiger partial charge in [-0.2, -0.15) is 8.78 Å². The lowest BCUT2D eigenvalue weighted by Gasteiger charge is -2.16. The Hall–Kier alpha value is -2.05. The lowest BCUT2D eigenvalue weighted by Crippen LogP contribution is -2.30. The van der Waals surface area contributed by atoms with E-state index in [0.29, 0.717) is 16.5 Å². The van der Waals surface area contributed by atoms with E-state index in [1.165, 1.54) is 30.3 Å². The quantitative estimate of drug-likeness (QED) is 0.772. The first-order valence-electron chi connectivity index (χ1n) is 6.82. The zero-order chi connectivity index (χ0) is 17.7. The molecule has 0 bridgehead atoms. The molecule has 0 aliphatic heterocycles. The van der Waals surface area contributed by atoms with Crippen LogP contribution in [0.3, 0.4) is 0 Å². The van der Waals surface area contributed by atoms with E-state index < -0.39 is 18.6 Å². The Balaban J connectivity index is 1.96. The highest BCUT2D eigenvalue weighted by Gasteiger charge is 2.16. The molecule has 0 spiro atoms. The first kappa shape index (κ1) is 18.3. The van der Waals surface area contributed by atoms with Crippen LogP contribution in [0.15, 0.2) is 42.5 Å². The number of carbonyl (C=O) groups is 1. The Morgan fingerprint density at radius 2 is 1.75 bits per heavy atom. The molecule has 0 aromatic heterocycles. The average Bonchev–Trinajstić information content (AvgIpc) is 2.51. The molecule has 1 N–H and O–H groups in total. The van der Waals surface area contributed by atoms with Crippen molar-refractivity contribution in [1.29, 1.82) is 0 Å². The van der Waals surface area contributed by atoms with Gasteiger partial charge < -0.3 is 14.8 Å². The van der Waals surface area contributed by atoms with Crippen LogP contribution < -0.4 is 14.8 Å². The van der Waals surface area contributed by atoms with Crippen molar-refractivity contribution < 1.29 is 23.0 Å². The van der Waals surface area contributed by atoms with Gasteiger partial charge in [0, 0.05) is 10.7 Å². The summed E-state index contributed by atoms with van der Waals surface area (Å²) in [5.74, 6) is -0.104. The van der Waals surface area contributed by atoms with E-state index in [2.05, 4.69) is 10.1 Å². The molecule has 0 saturated carbocycles. The van der Waals surface area contributed by atoms with Crippen molar-refractivity contribution in [3.05, 3.63) is 52.5 Å². The Kier molecular flexibility index (Phi) is 6.23. The predicted octanol–water partition coefficient (Wildman–Crippen LogP) is 5.00. The Morgan fingerprint density at radius 3 is 2.33 bits per heavy atom. The van der Waals surface area contributed by atoms with Crippen LogP contribution >= 0.6 is 23.2 Å². The fourth-order valence-electron chi connectivity index (χ4n) is 1.78. The third-order valence-corrected chi connectivity index (χ3v) is 3.44. The number of halogens is 4. The second kappa shape index (κ2) is 8.17. The number of benzene rings is 2. The first-order valence-corrected chi connectivity index (χ1v) is 7.58. The first-order chi connectivity index (χ1) is 11.3. The van der Waals surface area contributed by atoms with Crippen LogP contribution in [0, 0.1) is 0 Å². The number of hydrogen-bond donors (Lipinski definition) is 1. The molecule has 0 unspecified atom stereocenters. The van der Waals surface area contributed by atoms with Crippen molar-refractivity contribution in [2.45, 2.75) is 19.6 Å². The molecule has 0 radical (unpaired) electrons. The summed E-state index contributed by atoms with van der Waals surface area (Å²) in [6, 6.07) is 10.2. The Morgan fingerprint density at radius 1 is 1.08 bits per heavy atom. The molecule has 2 aromatic rings. The van der Waals surface area contributed by atoms with E-state index >= 15 is 0 Å². The maximum atomic E-state index is 12.1. The van der Waals surface area contributed by atoms with Crippen molar-refractivity contribution in [2.24, 2.45) is 0 Å². The molecule has 1 atom stereocenters. The van der Waals surface area contributed by atoms with Crippen molar-refractivity contribution >= 4 is 34.8 Å². The number of ether oxygens (including phenoxy) is 2. The van der Waals surface area contributed by atoms with Crippen LogP contribution in [-0.4, -0.2) is 18.6 Å². The van der Waals surface area contributed by atoms with Crippen molar-refractivity contribution in [2.75, 3.05) is 5.32 Å². The smallest absolute Gasteiger partial charge is 0.387 e. The fraction of sp³-hybridized carbons (Fsp3) is 0.188. The number of rotatable bonds is 6. The highest BCUT2D eigenvalue weighted by atomic mass is 35.5. The SMILES string of the molecule is C[C@H](Oc1ccc(Cl)cc1Cl)C(=O)Nc1ccc(OC(F)F)cc1. The van der Waals surface area contributed by atoms with Gasteiger partial charge in [0.05, 0.1) is 5.02 Å². The van der Waals surface area contributed by atoms with Gasteiger partial charge in [0.1, 0.15) is 11.5 Å². The summed E-state index contributed by atoms with van der Waals surface area (Å²) in [6.45, 7) is -1.35. The summed E-state index contributed by atoms with van der Waals surface area (Å²) in [5, 5.41) is 3.34. The topological polar surface area (TPSA) is 47.6 Å². The zero-order valence-corrected chi connectivity index (χ0v) is 13.9. The van der Waals surface area contributed by atoms with Crippen LogP contribution in [-0.2, 0) is 4.79 Å². The molecular weight excluding hydrogens is 363 g/mol. The maximum Gasteiger partial charge on any atom is 0.387 e. The van der Waals surface area contributed by atoms with Gasteiger partial charge in [0.2, 0.25) is 0 Å². The summed E-state index contributed by atoms with van der Waals surface area (Å²) in [4.78, 5) is 12.1. The van der Waals surface area contributed by atoms with Crippen LogP contribution in [0.2, 0.25) is 10.0 Å². The Bertz CT molecular complexity index is 711. The lowest BCUT2D eigenvalue weighted by molar-refractivity contribution is -0.122. The van der Waals surface area contributed by atoms with E-state index in [-0.39, 0.29) is 10.8 Å². The van der Waals surface area contributed by atoms with E-state index in [0.717, 1.165) is 0 Å². The number of amides is 1. The number of carbonyl (C=O) groups excluding carboxylic acids is 1. The number of alkyl halides is 2. The molecule has 2 rings (SSSR count). The second-order valence-corrected chi connectivity index (χ2v) is 5.57. The zero-order valence-electron chi connectivity index (χ0n) is 12.4. The van der Waals surface area contributed by atoms with E-state index in [1.807, 2.05) is 0 Å². The standard InChI is InChI=1S/C16H13Cl2F2NO3/c1-9(23-14-7-2-10(17)8-13(14)18)15(22)21-11-3-5-12(6-4-11)24-16(19)20/h2-9,16H,1H3,(H,21,22)/t9-/m0/s1. The maximum absolute atomic E-state index is 12.1. The molecule has 8 heteroatoms. The summed E-state index contributed by atoms with van der Waals surface area (Å²) in [7, 11) is 0. The molecule has 0 fully saturated rings. The molecule has 128 valence electrons. The van der Waals surface area contributed by atoms with Gasteiger partial charge in [-0.1, -0.05) is 23.2 Å². The number of anilines is 1. The summed E-state index contributed by atoms with van der Waals surface area (Å²) >= 11 is 11.8. The van der Waals surface area contributed by atoms with Gasteiger partial charge in [0.15, 0.2) is 6.10 Å². The molecule has 0 aliphatic carbocycles. The van der Waals surface area contributed by atoms with Crippen LogP contribution in [0.5, 0.6) is 11.5 Å². The molecule has 0 aliphatic rings. The van der Waals surface area contributed by atoms with Gasteiger partial charge in [-0.15, -0.1) is 0 Å². The minimum atomic E-state index is -2.90. The minimum absolute atomic E-state index is 0.000225. The molecule has 4 nitrogen and oxygen atoms in total. The van der Waals surface area contributed by atoms with Crippen LogP contribution in [0.25, 0.3) is 0 Å². The minimum Gasteiger partial charge on any atom is -0.479 e. The summed E-state index contributed by atoms with van der Waals surface area (Å²) in [5.41, 5.74) is 0.416. The van der Waals surface area contributed by atoms with Crippen molar-refractivity contribution in [1.82, 2.24) is 0 Å². The predicted molar refractivity (Wildman–Crippen MR) is 88.3 cm³/mol. The van der Waals surface area contributed by atoms with Crippen molar-refractivity contribution in [3.63, 3.8) is 0 Å². The number of nitrogens with one attached hydrogen (secondary N) is 1. The van der Waals surface area contributed by atoms with Gasteiger partial charge in [-0.25, -0.2) is 0 Å². The van der Waals surface area contributed by atoms with E-state index in [9.17, 15) is 13.6 Å². The molecule has 0 heterocycles. The second-order valence-electron chi connectivity index (χ2n) is 4.73. The van der Waals surface area contributed by atoms with Gasteiger partial charge >= 0.3 is 6.61 Å². The molecule has 1 amide bonds. The third kappa shape index (κ3) is 5.25. The monoisotopic (exact) mass is 375 g/mol. The van der Waals surface area contributed by atoms with Crippen LogP contribution in [0.4, 0.5) is 14.5 Å². The largest absolute Gasteiger partial charge is 0.479 e. The molecule has 2 aromatic carbocycles. The highest BCUT2D eigenvalue weighted by Crippen LogP contribution is 2.28. The normalized spacial score (nSPS) is 11.9. The molecule has 0 saturated heterocycles. The van der Waals surface area contributed by atoms with Crippen LogP contribution in [0.1, 0.15) is 6.92 Å². The van der Waals surface area contributed by atoms with E-state index in [1.54, 1.807) is 19.1 Å². The summed E-state index contributed by atoms with van der Waals surface area (Å²) < 4.78 is 33.9. The highest BCUT2D eigenvalue weighted by molar-refractivity contribution is 6.35. The van der Waals surface area contributed by atoms with Gasteiger partial charge in [-0.05, 0) is 49.4 Å². The third-order valence-electron chi connectivity index (χ3n) is 2.91.